The van der Waals surface area contributed by atoms with Gasteiger partial charge in [-0.3, -0.25) is 14.4 Å². The van der Waals surface area contributed by atoms with Crippen molar-refractivity contribution in [3.05, 3.63) is 59.7 Å². The summed E-state index contributed by atoms with van der Waals surface area (Å²) in [6.45, 7) is 4.59. The second-order valence-electron chi connectivity index (χ2n) is 9.70. The molecule has 5 unspecified atom stereocenters. The van der Waals surface area contributed by atoms with E-state index < -0.39 is 59.9 Å². The molecule has 0 radical (unpaired) electrons. The number of benzene rings is 2. The van der Waals surface area contributed by atoms with Gasteiger partial charge in [-0.05, 0) is 54.7 Å². The third kappa shape index (κ3) is 9.58. The topological polar surface area (TPSA) is 211 Å². The zero-order valence-electron chi connectivity index (χ0n) is 22.0. The van der Waals surface area contributed by atoms with E-state index in [4.69, 9.17) is 5.73 Å². The molecule has 3 amide bonds. The van der Waals surface area contributed by atoms with Crippen LogP contribution < -0.4 is 21.7 Å². The van der Waals surface area contributed by atoms with Crippen molar-refractivity contribution in [1.82, 2.24) is 16.0 Å². The summed E-state index contributed by atoms with van der Waals surface area (Å²) in [7, 11) is 0. The average molecular weight is 545 g/mol. The van der Waals surface area contributed by atoms with E-state index in [1.807, 2.05) is 0 Å². The molecule has 0 aliphatic heterocycles. The summed E-state index contributed by atoms with van der Waals surface area (Å²) in [5.41, 5.74) is 7.30. The molecule has 39 heavy (non-hydrogen) atoms. The van der Waals surface area contributed by atoms with Crippen LogP contribution in [-0.4, -0.2) is 74.4 Å². The molecular formula is C27H36N4O8. The molecule has 2 aromatic rings. The maximum absolute atomic E-state index is 13.3. The van der Waals surface area contributed by atoms with Crippen molar-refractivity contribution < 1.29 is 39.6 Å². The molecule has 0 spiro atoms. The number of aliphatic hydroxyl groups excluding tert-OH is 1. The van der Waals surface area contributed by atoms with Gasteiger partial charge in [-0.15, -0.1) is 0 Å². The van der Waals surface area contributed by atoms with Crippen molar-refractivity contribution in [2.45, 2.75) is 63.9 Å². The van der Waals surface area contributed by atoms with Crippen LogP contribution in [0.3, 0.4) is 0 Å². The van der Waals surface area contributed by atoms with E-state index in [0.717, 1.165) is 0 Å². The van der Waals surface area contributed by atoms with E-state index in [2.05, 4.69) is 16.0 Å². The molecule has 0 heterocycles. The van der Waals surface area contributed by atoms with E-state index in [0.29, 0.717) is 11.1 Å². The van der Waals surface area contributed by atoms with Crippen LogP contribution in [0.5, 0.6) is 11.5 Å². The Morgan fingerprint density at radius 1 is 0.718 bits per heavy atom. The maximum atomic E-state index is 13.3. The number of rotatable bonds is 13. The Hall–Kier alpha value is -4.16. The molecule has 0 fully saturated rings. The molecule has 5 atom stereocenters. The van der Waals surface area contributed by atoms with Crippen molar-refractivity contribution in [3.8, 4) is 11.5 Å². The van der Waals surface area contributed by atoms with Gasteiger partial charge in [-0.1, -0.05) is 38.1 Å². The Labute approximate surface area is 226 Å². The first-order valence-electron chi connectivity index (χ1n) is 12.4. The molecule has 12 nitrogen and oxygen atoms in total. The zero-order valence-corrected chi connectivity index (χ0v) is 22.0. The highest BCUT2D eigenvalue weighted by Gasteiger charge is 2.33. The van der Waals surface area contributed by atoms with Crippen LogP contribution in [-0.2, 0) is 32.0 Å². The SMILES string of the molecule is CC(C)C(NC(=O)C(N)Cc1ccc(O)cc1)C(=O)NC(Cc1ccc(O)cc1)C(=O)NC(C(=O)O)C(C)O. The van der Waals surface area contributed by atoms with Crippen LogP contribution >= 0.6 is 0 Å². The maximum Gasteiger partial charge on any atom is 0.328 e. The Morgan fingerprint density at radius 2 is 1.18 bits per heavy atom. The highest BCUT2D eigenvalue weighted by molar-refractivity contribution is 5.94. The highest BCUT2D eigenvalue weighted by atomic mass is 16.4. The van der Waals surface area contributed by atoms with E-state index >= 15 is 0 Å². The van der Waals surface area contributed by atoms with Gasteiger partial charge in [0.2, 0.25) is 17.7 Å². The van der Waals surface area contributed by atoms with Gasteiger partial charge < -0.3 is 42.1 Å². The van der Waals surface area contributed by atoms with Crippen molar-refractivity contribution in [2.75, 3.05) is 0 Å². The molecule has 212 valence electrons. The fraction of sp³-hybridized carbons (Fsp3) is 0.407. The fourth-order valence-corrected chi connectivity index (χ4v) is 3.75. The number of nitrogens with two attached hydrogens (primary N) is 1. The molecule has 9 N–H and O–H groups in total. The number of aromatic hydroxyl groups is 2. The number of phenolic OH excluding ortho intramolecular Hbond substituents is 2. The normalized spacial score (nSPS) is 14.9. The van der Waals surface area contributed by atoms with Gasteiger partial charge in [0.25, 0.3) is 0 Å². The quantitative estimate of drug-likeness (QED) is 0.167. The van der Waals surface area contributed by atoms with Crippen LogP contribution in [0.15, 0.2) is 48.5 Å². The van der Waals surface area contributed by atoms with Gasteiger partial charge in [0.05, 0.1) is 12.1 Å². The molecule has 0 saturated carbocycles. The molecule has 2 rings (SSSR count). The number of amides is 3. The van der Waals surface area contributed by atoms with E-state index in [1.165, 1.54) is 43.3 Å². The van der Waals surface area contributed by atoms with Crippen LogP contribution in [0.4, 0.5) is 0 Å². The number of carbonyl (C=O) groups is 4. The van der Waals surface area contributed by atoms with Gasteiger partial charge in [0.15, 0.2) is 6.04 Å². The molecule has 0 saturated heterocycles. The lowest BCUT2D eigenvalue weighted by Crippen LogP contribution is -2.59. The minimum atomic E-state index is -1.62. The van der Waals surface area contributed by atoms with Crippen LogP contribution in [0.1, 0.15) is 31.9 Å². The summed E-state index contributed by atoms with van der Waals surface area (Å²) >= 11 is 0. The lowest BCUT2D eigenvalue weighted by atomic mass is 9.99. The first-order chi connectivity index (χ1) is 18.3. The smallest absolute Gasteiger partial charge is 0.328 e. The van der Waals surface area contributed by atoms with Crippen molar-refractivity contribution >= 4 is 23.7 Å². The lowest BCUT2D eigenvalue weighted by Gasteiger charge is -2.27. The first-order valence-corrected chi connectivity index (χ1v) is 12.4. The number of aliphatic carboxylic acids is 1. The number of carboxylic acid groups (broad SMARTS) is 1. The van der Waals surface area contributed by atoms with Crippen molar-refractivity contribution in [2.24, 2.45) is 11.7 Å². The Morgan fingerprint density at radius 3 is 1.62 bits per heavy atom. The van der Waals surface area contributed by atoms with Crippen LogP contribution in [0.25, 0.3) is 0 Å². The van der Waals surface area contributed by atoms with Gasteiger partial charge in [-0.2, -0.15) is 0 Å². The molecule has 12 heteroatoms. The van der Waals surface area contributed by atoms with Gasteiger partial charge in [0.1, 0.15) is 23.6 Å². The zero-order chi connectivity index (χ0) is 29.3. The molecule has 0 aliphatic rings. The summed E-state index contributed by atoms with van der Waals surface area (Å²) < 4.78 is 0. The third-order valence-electron chi connectivity index (χ3n) is 6.03. The molecule has 0 bridgehead atoms. The summed E-state index contributed by atoms with van der Waals surface area (Å²) in [6, 6.07) is 7.09. The number of nitrogens with one attached hydrogen (secondary N) is 3. The minimum Gasteiger partial charge on any atom is -0.508 e. The summed E-state index contributed by atoms with van der Waals surface area (Å²) in [6.07, 6.45) is -1.32. The van der Waals surface area contributed by atoms with Crippen molar-refractivity contribution in [1.29, 1.82) is 0 Å². The Kier molecular flexibility index (Phi) is 11.2. The van der Waals surface area contributed by atoms with Crippen molar-refractivity contribution in [3.63, 3.8) is 0 Å². The highest BCUT2D eigenvalue weighted by Crippen LogP contribution is 2.14. The molecule has 2 aromatic carbocycles. The molecule has 0 aliphatic carbocycles. The van der Waals surface area contributed by atoms with Gasteiger partial charge in [-0.25, -0.2) is 4.79 Å². The van der Waals surface area contributed by atoms with Crippen LogP contribution in [0.2, 0.25) is 0 Å². The number of carbonyl (C=O) groups excluding carboxylic acids is 3. The van der Waals surface area contributed by atoms with Crippen LogP contribution in [0, 0.1) is 5.92 Å². The minimum absolute atomic E-state index is 0.00457. The predicted molar refractivity (Wildman–Crippen MR) is 142 cm³/mol. The number of hydrogen-bond acceptors (Lipinski definition) is 8. The summed E-state index contributed by atoms with van der Waals surface area (Å²) in [5, 5.41) is 45.5. The van der Waals surface area contributed by atoms with Gasteiger partial charge >= 0.3 is 5.97 Å². The number of carboxylic acids is 1. The number of hydrogen-bond donors (Lipinski definition) is 8. The molecular weight excluding hydrogens is 508 g/mol. The largest absolute Gasteiger partial charge is 0.508 e. The van der Waals surface area contributed by atoms with E-state index in [9.17, 15) is 39.6 Å². The van der Waals surface area contributed by atoms with E-state index in [1.54, 1.807) is 26.0 Å². The second-order valence-corrected chi connectivity index (χ2v) is 9.70. The molecule has 0 aromatic heterocycles. The Bertz CT molecular complexity index is 1140. The monoisotopic (exact) mass is 544 g/mol. The summed E-state index contributed by atoms with van der Waals surface area (Å²) in [5.74, 6) is -3.95. The first kappa shape index (κ1) is 31.1. The average Bonchev–Trinajstić information content (AvgIpc) is 2.86. The van der Waals surface area contributed by atoms with Gasteiger partial charge in [0, 0.05) is 6.42 Å². The summed E-state index contributed by atoms with van der Waals surface area (Å²) in [4.78, 5) is 50.6. The van der Waals surface area contributed by atoms with E-state index in [-0.39, 0.29) is 24.3 Å². The lowest BCUT2D eigenvalue weighted by molar-refractivity contribution is -0.145. The standard InChI is InChI=1S/C27H36N4O8/c1-14(2)22(30-24(35)20(28)12-16-4-8-18(33)9-5-16)26(37)29-21(13-17-6-10-19(34)11-7-17)25(36)31-23(15(3)32)27(38)39/h4-11,14-15,20-23,32-34H,12-13,28H2,1-3H3,(H,29,37)(H,30,35)(H,31,36)(H,38,39). The second kappa shape index (κ2) is 14.1. The number of aliphatic hydroxyl groups is 1. The Balaban J connectivity index is 2.19. The fourth-order valence-electron chi connectivity index (χ4n) is 3.75. The third-order valence-corrected chi connectivity index (χ3v) is 6.03. The number of phenols is 2. The predicted octanol–water partition coefficient (Wildman–Crippen LogP) is -0.214.